The quantitative estimate of drug-likeness (QED) is 0.770. The van der Waals surface area contributed by atoms with Gasteiger partial charge in [0, 0.05) is 12.4 Å². The van der Waals surface area contributed by atoms with Crippen LogP contribution in [0.1, 0.15) is 0 Å². The number of hydrogen-bond donors (Lipinski definition) is 2. The molecule has 20 heavy (non-hydrogen) atoms. The van der Waals surface area contributed by atoms with Crippen molar-refractivity contribution in [3.8, 4) is 0 Å². The van der Waals surface area contributed by atoms with E-state index in [9.17, 15) is 8.42 Å². The first-order chi connectivity index (χ1) is 9.49. The highest BCUT2D eigenvalue weighted by atomic mass is 35.5. The molecule has 9 heteroatoms. The van der Waals surface area contributed by atoms with Gasteiger partial charge >= 0.3 is 0 Å². The van der Waals surface area contributed by atoms with Gasteiger partial charge in [0.1, 0.15) is 5.15 Å². The third kappa shape index (κ3) is 2.02. The number of sulfonamides is 1. The second-order valence-corrected chi connectivity index (χ2v) is 6.15. The Kier molecular flexibility index (Phi) is 2.91. The lowest BCUT2D eigenvalue weighted by atomic mass is 10.2. The van der Waals surface area contributed by atoms with Crippen molar-refractivity contribution in [2.45, 2.75) is 5.03 Å². The van der Waals surface area contributed by atoms with Crippen LogP contribution in [0.15, 0.2) is 35.7 Å². The highest BCUT2D eigenvalue weighted by Gasteiger charge is 2.23. The first kappa shape index (κ1) is 12.9. The summed E-state index contributed by atoms with van der Waals surface area (Å²) in [6, 6.07) is 5.17. The zero-order valence-corrected chi connectivity index (χ0v) is 11.9. The van der Waals surface area contributed by atoms with Crippen LogP contribution in [0, 0.1) is 0 Å². The maximum atomic E-state index is 12.3. The van der Waals surface area contributed by atoms with E-state index in [0.29, 0.717) is 11.1 Å². The highest BCUT2D eigenvalue weighted by Crippen LogP contribution is 2.26. The Morgan fingerprint density at radius 1 is 1.40 bits per heavy atom. The smallest absolute Gasteiger partial charge is 0.282 e. The summed E-state index contributed by atoms with van der Waals surface area (Å²) in [7, 11) is -2.23. The number of rotatable bonds is 3. The summed E-state index contributed by atoms with van der Waals surface area (Å²) in [6.45, 7) is 0. The Balaban J connectivity index is 2.06. The summed E-state index contributed by atoms with van der Waals surface area (Å²) in [6.07, 6.45) is 2.89. The van der Waals surface area contributed by atoms with Gasteiger partial charge in [0.15, 0.2) is 0 Å². The standard InChI is InChI=1S/C11H10ClN5O2S/c1-17-6-13-11(10(17)12)20(18,19)16-9-4-2-3-8-7(9)5-14-15-8/h2-6,16H,1H3,(H,14,15). The molecule has 0 aliphatic heterocycles. The maximum absolute atomic E-state index is 12.3. The number of benzene rings is 1. The van der Waals surface area contributed by atoms with Crippen molar-refractivity contribution < 1.29 is 8.42 Å². The number of aryl methyl sites for hydroxylation is 1. The lowest BCUT2D eigenvalue weighted by Crippen LogP contribution is -2.14. The average Bonchev–Trinajstić information content (AvgIpc) is 2.98. The number of aromatic nitrogens is 4. The fourth-order valence-electron chi connectivity index (χ4n) is 1.82. The number of anilines is 1. The van der Waals surface area contributed by atoms with E-state index < -0.39 is 10.0 Å². The van der Waals surface area contributed by atoms with Crippen LogP contribution in [0.4, 0.5) is 5.69 Å². The molecule has 0 unspecified atom stereocenters. The molecule has 0 saturated carbocycles. The molecule has 2 aromatic heterocycles. The van der Waals surface area contributed by atoms with Crippen LogP contribution < -0.4 is 4.72 Å². The van der Waals surface area contributed by atoms with E-state index in [1.165, 1.54) is 10.9 Å². The van der Waals surface area contributed by atoms with Crippen molar-refractivity contribution >= 4 is 38.2 Å². The Labute approximate surface area is 119 Å². The Hall–Kier alpha value is -2.06. The van der Waals surface area contributed by atoms with Gasteiger partial charge in [-0.2, -0.15) is 13.5 Å². The summed E-state index contributed by atoms with van der Waals surface area (Å²) >= 11 is 5.92. The Bertz CT molecular complexity index is 883. The van der Waals surface area contributed by atoms with Crippen molar-refractivity contribution in [3.63, 3.8) is 0 Å². The van der Waals surface area contributed by atoms with E-state index in [1.807, 2.05) is 0 Å². The lowest BCUT2D eigenvalue weighted by molar-refractivity contribution is 0.598. The van der Waals surface area contributed by atoms with Gasteiger partial charge < -0.3 is 4.57 Å². The summed E-state index contributed by atoms with van der Waals surface area (Å²) in [4.78, 5) is 3.81. The molecule has 0 atom stereocenters. The van der Waals surface area contributed by atoms with Crippen LogP contribution in [0.5, 0.6) is 0 Å². The molecule has 1 aromatic carbocycles. The van der Waals surface area contributed by atoms with E-state index >= 15 is 0 Å². The fraction of sp³-hybridized carbons (Fsp3) is 0.0909. The van der Waals surface area contributed by atoms with Crippen LogP contribution >= 0.6 is 11.6 Å². The third-order valence-corrected chi connectivity index (χ3v) is 4.67. The van der Waals surface area contributed by atoms with Crippen molar-refractivity contribution in [3.05, 3.63) is 35.9 Å². The van der Waals surface area contributed by atoms with Gasteiger partial charge in [-0.25, -0.2) is 4.98 Å². The molecular weight excluding hydrogens is 302 g/mol. The number of imidazole rings is 1. The molecule has 2 N–H and O–H groups in total. The Morgan fingerprint density at radius 2 is 2.20 bits per heavy atom. The second-order valence-electron chi connectivity index (χ2n) is 4.19. The van der Waals surface area contributed by atoms with Crippen molar-refractivity contribution in [1.29, 1.82) is 0 Å². The summed E-state index contributed by atoms with van der Waals surface area (Å²) < 4.78 is 28.5. The van der Waals surface area contributed by atoms with Crippen LogP contribution in [0.3, 0.4) is 0 Å². The van der Waals surface area contributed by atoms with Gasteiger partial charge in [-0.15, -0.1) is 0 Å². The summed E-state index contributed by atoms with van der Waals surface area (Å²) in [5.41, 5.74) is 1.15. The number of aromatic amines is 1. The molecule has 0 fully saturated rings. The monoisotopic (exact) mass is 311 g/mol. The molecule has 104 valence electrons. The SMILES string of the molecule is Cn1cnc(S(=O)(=O)Nc2cccc3[nH]ncc23)c1Cl. The minimum absolute atomic E-state index is 0.0527. The molecule has 7 nitrogen and oxygen atoms in total. The van der Waals surface area contributed by atoms with Gasteiger partial charge in [-0.1, -0.05) is 17.7 Å². The van der Waals surface area contributed by atoms with Gasteiger partial charge in [0.2, 0.25) is 5.03 Å². The lowest BCUT2D eigenvalue weighted by Gasteiger charge is -2.07. The highest BCUT2D eigenvalue weighted by molar-refractivity contribution is 7.92. The fourth-order valence-corrected chi connectivity index (χ4v) is 3.34. The molecule has 0 aliphatic carbocycles. The number of hydrogen-bond acceptors (Lipinski definition) is 4. The van der Waals surface area contributed by atoms with Gasteiger partial charge in [-0.3, -0.25) is 9.82 Å². The Morgan fingerprint density at radius 3 is 2.90 bits per heavy atom. The average molecular weight is 312 g/mol. The number of nitrogens with zero attached hydrogens (tertiary/aromatic N) is 3. The molecule has 0 radical (unpaired) electrons. The van der Waals surface area contributed by atoms with Gasteiger partial charge in [0.05, 0.1) is 23.7 Å². The topological polar surface area (TPSA) is 92.7 Å². The minimum atomic E-state index is -3.85. The predicted molar refractivity (Wildman–Crippen MR) is 75.1 cm³/mol. The molecule has 3 aromatic rings. The minimum Gasteiger partial charge on any atom is -0.324 e. The molecule has 0 saturated heterocycles. The van der Waals surface area contributed by atoms with Crippen LogP contribution in [-0.2, 0) is 17.1 Å². The second kappa shape index (κ2) is 4.50. The normalized spacial score (nSPS) is 11.9. The number of fused-ring (bicyclic) bond motifs is 1. The van der Waals surface area contributed by atoms with Crippen molar-refractivity contribution in [2.24, 2.45) is 7.05 Å². The third-order valence-electron chi connectivity index (χ3n) is 2.82. The predicted octanol–water partition coefficient (Wildman–Crippen LogP) is 1.75. The first-order valence-electron chi connectivity index (χ1n) is 5.61. The van der Waals surface area contributed by atoms with E-state index in [4.69, 9.17) is 11.6 Å². The van der Waals surface area contributed by atoms with E-state index in [1.54, 1.807) is 31.4 Å². The molecule has 2 heterocycles. The molecule has 3 rings (SSSR count). The molecular formula is C11H10ClN5O2S. The largest absolute Gasteiger partial charge is 0.324 e. The number of H-pyrrole nitrogens is 1. The van der Waals surface area contributed by atoms with Crippen LogP contribution in [0.2, 0.25) is 5.15 Å². The van der Waals surface area contributed by atoms with Crippen LogP contribution in [-0.4, -0.2) is 28.2 Å². The first-order valence-corrected chi connectivity index (χ1v) is 7.47. The van der Waals surface area contributed by atoms with Crippen molar-refractivity contribution in [1.82, 2.24) is 19.7 Å². The van der Waals surface area contributed by atoms with E-state index in [0.717, 1.165) is 5.52 Å². The maximum Gasteiger partial charge on any atom is 0.282 e. The molecule has 0 amide bonds. The number of nitrogens with one attached hydrogen (secondary N) is 2. The van der Waals surface area contributed by atoms with E-state index in [2.05, 4.69) is 19.9 Å². The molecule has 0 spiro atoms. The van der Waals surface area contributed by atoms with Crippen molar-refractivity contribution in [2.75, 3.05) is 4.72 Å². The van der Waals surface area contributed by atoms with Gasteiger partial charge in [-0.05, 0) is 12.1 Å². The molecule has 0 aliphatic rings. The van der Waals surface area contributed by atoms with Crippen LogP contribution in [0.25, 0.3) is 10.9 Å². The summed E-state index contributed by atoms with van der Waals surface area (Å²) in [5.74, 6) is 0. The number of halogens is 1. The summed E-state index contributed by atoms with van der Waals surface area (Å²) in [5, 5.41) is 7.17. The zero-order chi connectivity index (χ0) is 14.3. The van der Waals surface area contributed by atoms with Gasteiger partial charge in [0.25, 0.3) is 10.0 Å². The zero-order valence-electron chi connectivity index (χ0n) is 10.3. The molecule has 0 bridgehead atoms. The van der Waals surface area contributed by atoms with E-state index in [-0.39, 0.29) is 10.2 Å².